The van der Waals surface area contributed by atoms with E-state index in [9.17, 15) is 9.18 Å². The molecular weight excluding hydrogens is 195 g/mol. The molecule has 0 aromatic carbocycles. The van der Waals surface area contributed by atoms with E-state index in [1.165, 1.54) is 12.3 Å². The SMILES string of the molecule is O=CC1CCCCN1c1ccc(F)cn1. The van der Waals surface area contributed by atoms with Gasteiger partial charge in [-0.3, -0.25) is 0 Å². The van der Waals surface area contributed by atoms with Crippen molar-refractivity contribution in [3.8, 4) is 0 Å². The van der Waals surface area contributed by atoms with Gasteiger partial charge < -0.3 is 9.69 Å². The number of hydrogen-bond donors (Lipinski definition) is 0. The maximum atomic E-state index is 12.7. The van der Waals surface area contributed by atoms with Crippen molar-refractivity contribution in [1.82, 2.24) is 4.98 Å². The maximum Gasteiger partial charge on any atom is 0.142 e. The van der Waals surface area contributed by atoms with Crippen LogP contribution in [0, 0.1) is 5.82 Å². The van der Waals surface area contributed by atoms with Crippen LogP contribution in [-0.4, -0.2) is 23.9 Å². The fraction of sp³-hybridized carbons (Fsp3) is 0.455. The van der Waals surface area contributed by atoms with Gasteiger partial charge in [-0.05, 0) is 31.4 Å². The predicted octanol–water partition coefficient (Wildman–Crippen LogP) is 1.78. The summed E-state index contributed by atoms with van der Waals surface area (Å²) in [7, 11) is 0. The van der Waals surface area contributed by atoms with Gasteiger partial charge in [0.25, 0.3) is 0 Å². The van der Waals surface area contributed by atoms with Gasteiger partial charge in [-0.2, -0.15) is 0 Å². The number of carbonyl (C=O) groups is 1. The molecule has 0 saturated carbocycles. The zero-order valence-corrected chi connectivity index (χ0v) is 8.40. The number of halogens is 1. The first kappa shape index (κ1) is 10.1. The summed E-state index contributed by atoms with van der Waals surface area (Å²) in [6.45, 7) is 0.821. The lowest BCUT2D eigenvalue weighted by atomic mass is 10.0. The molecule has 2 heterocycles. The van der Waals surface area contributed by atoms with Crippen molar-refractivity contribution < 1.29 is 9.18 Å². The molecule has 2 rings (SSSR count). The van der Waals surface area contributed by atoms with Gasteiger partial charge in [0.2, 0.25) is 0 Å². The summed E-state index contributed by atoms with van der Waals surface area (Å²) in [6, 6.07) is 2.90. The van der Waals surface area contributed by atoms with Gasteiger partial charge in [0, 0.05) is 6.54 Å². The average molecular weight is 208 g/mol. The molecule has 0 spiro atoms. The third kappa shape index (κ3) is 2.14. The quantitative estimate of drug-likeness (QED) is 0.694. The third-order valence-corrected chi connectivity index (χ3v) is 2.71. The third-order valence-electron chi connectivity index (χ3n) is 2.71. The molecular formula is C11H13FN2O. The molecule has 3 nitrogen and oxygen atoms in total. The summed E-state index contributed by atoms with van der Waals surface area (Å²) in [4.78, 5) is 16.8. The fourth-order valence-corrected chi connectivity index (χ4v) is 1.92. The van der Waals surface area contributed by atoms with E-state index in [4.69, 9.17) is 0 Å². The zero-order valence-electron chi connectivity index (χ0n) is 8.40. The van der Waals surface area contributed by atoms with Gasteiger partial charge in [-0.25, -0.2) is 9.37 Å². The van der Waals surface area contributed by atoms with Crippen molar-refractivity contribution in [2.45, 2.75) is 25.3 Å². The van der Waals surface area contributed by atoms with Crippen molar-refractivity contribution in [2.24, 2.45) is 0 Å². The molecule has 1 aromatic heterocycles. The standard InChI is InChI=1S/C11H13FN2O/c12-9-4-5-11(13-7-9)14-6-2-1-3-10(14)8-15/h4-5,7-8,10H,1-3,6H2. The van der Waals surface area contributed by atoms with E-state index in [1.807, 2.05) is 4.90 Å². The Morgan fingerprint density at radius 3 is 3.00 bits per heavy atom. The molecule has 1 aliphatic rings. The number of hydrogen-bond acceptors (Lipinski definition) is 3. The first-order chi connectivity index (χ1) is 7.31. The van der Waals surface area contributed by atoms with Crippen molar-refractivity contribution in [3.05, 3.63) is 24.1 Å². The van der Waals surface area contributed by atoms with Crippen LogP contribution in [0.25, 0.3) is 0 Å². The molecule has 0 N–H and O–H groups in total. The second kappa shape index (κ2) is 4.38. The number of rotatable bonds is 2. The predicted molar refractivity (Wildman–Crippen MR) is 55.2 cm³/mol. The Kier molecular flexibility index (Phi) is 2.94. The highest BCUT2D eigenvalue weighted by molar-refractivity contribution is 5.65. The lowest BCUT2D eigenvalue weighted by Crippen LogP contribution is -2.41. The van der Waals surface area contributed by atoms with Gasteiger partial charge in [0.05, 0.1) is 12.2 Å². The Balaban J connectivity index is 2.20. The molecule has 1 aliphatic heterocycles. The molecule has 1 unspecified atom stereocenters. The summed E-state index contributed by atoms with van der Waals surface area (Å²) in [5, 5.41) is 0. The summed E-state index contributed by atoms with van der Waals surface area (Å²) in [6.07, 6.45) is 5.13. The van der Waals surface area contributed by atoms with Gasteiger partial charge in [0.15, 0.2) is 0 Å². The Morgan fingerprint density at radius 1 is 1.47 bits per heavy atom. The normalized spacial score (nSPS) is 21.4. The lowest BCUT2D eigenvalue weighted by molar-refractivity contribution is -0.109. The smallest absolute Gasteiger partial charge is 0.142 e. The summed E-state index contributed by atoms with van der Waals surface area (Å²) in [5.74, 6) is 0.339. The van der Waals surface area contributed by atoms with Crippen LogP contribution in [0.15, 0.2) is 18.3 Å². The molecule has 0 amide bonds. The number of carbonyl (C=O) groups excluding carboxylic acids is 1. The van der Waals surface area contributed by atoms with E-state index in [0.29, 0.717) is 5.82 Å². The number of aldehydes is 1. The molecule has 4 heteroatoms. The van der Waals surface area contributed by atoms with Crippen LogP contribution in [0.4, 0.5) is 10.2 Å². The van der Waals surface area contributed by atoms with Crippen LogP contribution in [-0.2, 0) is 4.79 Å². The van der Waals surface area contributed by atoms with E-state index < -0.39 is 0 Å². The molecule has 0 bridgehead atoms. The first-order valence-corrected chi connectivity index (χ1v) is 5.15. The second-order valence-corrected chi connectivity index (χ2v) is 3.73. The minimum absolute atomic E-state index is 0.100. The summed E-state index contributed by atoms with van der Waals surface area (Å²) in [5.41, 5.74) is 0. The van der Waals surface area contributed by atoms with E-state index in [-0.39, 0.29) is 11.9 Å². The van der Waals surface area contributed by atoms with Crippen molar-refractivity contribution in [3.63, 3.8) is 0 Å². The monoisotopic (exact) mass is 208 g/mol. The number of piperidine rings is 1. The lowest BCUT2D eigenvalue weighted by Gasteiger charge is -2.33. The number of aromatic nitrogens is 1. The van der Waals surface area contributed by atoms with Crippen LogP contribution in [0.3, 0.4) is 0 Å². The Labute approximate surface area is 87.9 Å². The minimum Gasteiger partial charge on any atom is -0.347 e. The van der Waals surface area contributed by atoms with Crippen LogP contribution in [0.5, 0.6) is 0 Å². The maximum absolute atomic E-state index is 12.7. The van der Waals surface area contributed by atoms with Crippen molar-refractivity contribution in [2.75, 3.05) is 11.4 Å². The molecule has 0 radical (unpaired) electrons. The topological polar surface area (TPSA) is 33.2 Å². The molecule has 15 heavy (non-hydrogen) atoms. The average Bonchev–Trinajstić information content (AvgIpc) is 2.30. The Hall–Kier alpha value is -1.45. The van der Waals surface area contributed by atoms with Gasteiger partial charge in [0.1, 0.15) is 17.9 Å². The molecule has 80 valence electrons. The van der Waals surface area contributed by atoms with Gasteiger partial charge in [-0.1, -0.05) is 0 Å². The zero-order chi connectivity index (χ0) is 10.7. The van der Waals surface area contributed by atoms with Crippen LogP contribution >= 0.6 is 0 Å². The van der Waals surface area contributed by atoms with E-state index in [1.54, 1.807) is 6.07 Å². The van der Waals surface area contributed by atoms with E-state index in [2.05, 4.69) is 4.98 Å². The van der Waals surface area contributed by atoms with Gasteiger partial charge in [-0.15, -0.1) is 0 Å². The van der Waals surface area contributed by atoms with Crippen LogP contribution < -0.4 is 4.90 Å². The fourth-order valence-electron chi connectivity index (χ4n) is 1.92. The number of anilines is 1. The summed E-state index contributed by atoms with van der Waals surface area (Å²) >= 11 is 0. The molecule has 1 atom stereocenters. The highest BCUT2D eigenvalue weighted by Gasteiger charge is 2.22. The van der Waals surface area contributed by atoms with Gasteiger partial charge >= 0.3 is 0 Å². The molecule has 1 aromatic rings. The second-order valence-electron chi connectivity index (χ2n) is 3.73. The minimum atomic E-state index is -0.349. The van der Waals surface area contributed by atoms with Crippen molar-refractivity contribution in [1.29, 1.82) is 0 Å². The highest BCUT2D eigenvalue weighted by atomic mass is 19.1. The van der Waals surface area contributed by atoms with E-state index in [0.717, 1.165) is 32.1 Å². The summed E-state index contributed by atoms with van der Waals surface area (Å²) < 4.78 is 12.7. The molecule has 0 aliphatic carbocycles. The highest BCUT2D eigenvalue weighted by Crippen LogP contribution is 2.21. The number of nitrogens with zero attached hydrogens (tertiary/aromatic N) is 2. The van der Waals surface area contributed by atoms with Crippen LogP contribution in [0.1, 0.15) is 19.3 Å². The van der Waals surface area contributed by atoms with Crippen LogP contribution in [0.2, 0.25) is 0 Å². The number of pyridine rings is 1. The Bertz CT molecular complexity index is 339. The first-order valence-electron chi connectivity index (χ1n) is 5.15. The molecule has 1 fully saturated rings. The molecule has 1 saturated heterocycles. The van der Waals surface area contributed by atoms with E-state index >= 15 is 0 Å². The van der Waals surface area contributed by atoms with Crippen molar-refractivity contribution >= 4 is 12.1 Å². The largest absolute Gasteiger partial charge is 0.347 e. The Morgan fingerprint density at radius 2 is 2.33 bits per heavy atom.